The molecule has 2 heteroatoms. The van der Waals surface area contributed by atoms with E-state index >= 15 is 0 Å². The van der Waals surface area contributed by atoms with Gasteiger partial charge in [-0.15, -0.1) is 0 Å². The molecule has 0 amide bonds. The van der Waals surface area contributed by atoms with Crippen LogP contribution in [0.25, 0.3) is 76.9 Å². The molecule has 0 atom stereocenters. The molecular weight excluding hydrogens is 631 g/mol. The third-order valence-corrected chi connectivity index (χ3v) is 10.2. The SMILES string of the molecule is c1ccc(-c2ccc(N(c3ccc(-c4ccc5ccccc5c4)cc3)c3ccc4c(c3)oc3cc(-c5ccccc5)c5ccccc5c34)cc2)cc1. The van der Waals surface area contributed by atoms with Crippen LogP contribution in [0.1, 0.15) is 0 Å². The quantitative estimate of drug-likeness (QED) is 0.176. The van der Waals surface area contributed by atoms with Gasteiger partial charge in [0.15, 0.2) is 0 Å². The zero-order chi connectivity index (χ0) is 34.4. The van der Waals surface area contributed by atoms with Crippen LogP contribution in [-0.2, 0) is 0 Å². The van der Waals surface area contributed by atoms with Crippen molar-refractivity contribution in [2.24, 2.45) is 0 Å². The first-order chi connectivity index (χ1) is 25.8. The summed E-state index contributed by atoms with van der Waals surface area (Å²) >= 11 is 0. The van der Waals surface area contributed by atoms with Crippen LogP contribution in [0.2, 0.25) is 0 Å². The lowest BCUT2D eigenvalue weighted by Gasteiger charge is -2.26. The summed E-state index contributed by atoms with van der Waals surface area (Å²) in [7, 11) is 0. The van der Waals surface area contributed by atoms with Crippen molar-refractivity contribution in [3.8, 4) is 33.4 Å². The van der Waals surface area contributed by atoms with Gasteiger partial charge in [0.25, 0.3) is 0 Å². The van der Waals surface area contributed by atoms with Gasteiger partial charge in [0.05, 0.1) is 0 Å². The van der Waals surface area contributed by atoms with E-state index in [1.165, 1.54) is 54.9 Å². The lowest BCUT2D eigenvalue weighted by molar-refractivity contribution is 0.669. The molecule has 0 saturated carbocycles. The normalized spacial score (nSPS) is 11.5. The fourth-order valence-corrected chi connectivity index (χ4v) is 7.68. The Labute approximate surface area is 302 Å². The molecule has 0 spiro atoms. The Bertz CT molecular complexity index is 2870. The zero-order valence-corrected chi connectivity index (χ0v) is 28.4. The highest BCUT2D eigenvalue weighted by molar-refractivity contribution is 6.22. The largest absolute Gasteiger partial charge is 0.456 e. The van der Waals surface area contributed by atoms with Crippen LogP contribution >= 0.6 is 0 Å². The topological polar surface area (TPSA) is 16.4 Å². The first kappa shape index (κ1) is 30.0. The maximum Gasteiger partial charge on any atom is 0.137 e. The van der Waals surface area contributed by atoms with E-state index in [2.05, 4.69) is 205 Å². The van der Waals surface area contributed by atoms with Gasteiger partial charge in [-0.3, -0.25) is 0 Å². The summed E-state index contributed by atoms with van der Waals surface area (Å²) in [6, 6.07) is 71.5. The molecule has 0 bridgehead atoms. The molecule has 0 aliphatic rings. The van der Waals surface area contributed by atoms with E-state index in [0.717, 1.165) is 39.0 Å². The van der Waals surface area contributed by atoms with Crippen LogP contribution in [0.15, 0.2) is 205 Å². The van der Waals surface area contributed by atoms with Crippen molar-refractivity contribution < 1.29 is 4.42 Å². The van der Waals surface area contributed by atoms with Crippen molar-refractivity contribution in [1.82, 2.24) is 0 Å². The van der Waals surface area contributed by atoms with E-state index in [1.54, 1.807) is 0 Å². The van der Waals surface area contributed by atoms with Crippen LogP contribution in [0.4, 0.5) is 17.1 Å². The van der Waals surface area contributed by atoms with Crippen molar-refractivity contribution in [3.05, 3.63) is 200 Å². The van der Waals surface area contributed by atoms with E-state index in [1.807, 2.05) is 0 Å². The lowest BCUT2D eigenvalue weighted by atomic mass is 9.95. The summed E-state index contributed by atoms with van der Waals surface area (Å²) in [6.45, 7) is 0. The number of nitrogens with zero attached hydrogens (tertiary/aromatic N) is 1. The Morgan fingerprint density at radius 3 is 1.56 bits per heavy atom. The molecule has 244 valence electrons. The first-order valence-corrected chi connectivity index (χ1v) is 17.8. The molecule has 2 nitrogen and oxygen atoms in total. The third-order valence-electron chi connectivity index (χ3n) is 10.2. The van der Waals surface area contributed by atoms with Crippen molar-refractivity contribution in [3.63, 3.8) is 0 Å². The molecule has 1 heterocycles. The molecule has 0 N–H and O–H groups in total. The van der Waals surface area contributed by atoms with Crippen molar-refractivity contribution in [2.75, 3.05) is 4.90 Å². The second-order valence-electron chi connectivity index (χ2n) is 13.3. The highest BCUT2D eigenvalue weighted by atomic mass is 16.3. The van der Waals surface area contributed by atoms with Crippen LogP contribution in [0.3, 0.4) is 0 Å². The monoisotopic (exact) mass is 663 g/mol. The van der Waals surface area contributed by atoms with Gasteiger partial charge < -0.3 is 9.32 Å². The summed E-state index contributed by atoms with van der Waals surface area (Å²) in [5.74, 6) is 0. The van der Waals surface area contributed by atoms with Gasteiger partial charge in [0.2, 0.25) is 0 Å². The number of furan rings is 1. The van der Waals surface area contributed by atoms with E-state index in [0.29, 0.717) is 0 Å². The second-order valence-corrected chi connectivity index (χ2v) is 13.3. The molecule has 0 aliphatic heterocycles. The average Bonchev–Trinajstić information content (AvgIpc) is 3.60. The summed E-state index contributed by atoms with van der Waals surface area (Å²) in [6.07, 6.45) is 0. The van der Waals surface area contributed by atoms with Crippen LogP contribution in [0.5, 0.6) is 0 Å². The molecule has 0 saturated heterocycles. The van der Waals surface area contributed by atoms with Gasteiger partial charge in [0, 0.05) is 33.9 Å². The van der Waals surface area contributed by atoms with E-state index < -0.39 is 0 Å². The number of rotatable bonds is 6. The van der Waals surface area contributed by atoms with Gasteiger partial charge in [-0.2, -0.15) is 0 Å². The Balaban J connectivity index is 1.11. The second kappa shape index (κ2) is 12.5. The summed E-state index contributed by atoms with van der Waals surface area (Å²) in [5, 5.41) is 7.17. The molecule has 0 radical (unpaired) electrons. The lowest BCUT2D eigenvalue weighted by Crippen LogP contribution is -2.09. The van der Waals surface area contributed by atoms with Crippen LogP contribution < -0.4 is 4.90 Å². The van der Waals surface area contributed by atoms with Gasteiger partial charge >= 0.3 is 0 Å². The fourth-order valence-electron chi connectivity index (χ4n) is 7.68. The van der Waals surface area contributed by atoms with Crippen molar-refractivity contribution >= 4 is 60.5 Å². The van der Waals surface area contributed by atoms with Crippen molar-refractivity contribution in [2.45, 2.75) is 0 Å². The van der Waals surface area contributed by atoms with Gasteiger partial charge in [-0.25, -0.2) is 0 Å². The first-order valence-electron chi connectivity index (χ1n) is 17.8. The fraction of sp³-hybridized carbons (Fsp3) is 0. The van der Waals surface area contributed by atoms with Crippen LogP contribution in [-0.4, -0.2) is 0 Å². The molecule has 0 fully saturated rings. The van der Waals surface area contributed by atoms with Gasteiger partial charge in [-0.1, -0.05) is 146 Å². The molecule has 1 aromatic heterocycles. The van der Waals surface area contributed by atoms with E-state index in [-0.39, 0.29) is 0 Å². The Morgan fingerprint density at radius 2 is 0.846 bits per heavy atom. The van der Waals surface area contributed by atoms with Crippen molar-refractivity contribution in [1.29, 1.82) is 0 Å². The maximum absolute atomic E-state index is 6.75. The summed E-state index contributed by atoms with van der Waals surface area (Å²) in [4.78, 5) is 2.32. The highest BCUT2D eigenvalue weighted by Gasteiger charge is 2.19. The number of benzene rings is 9. The number of hydrogen-bond donors (Lipinski definition) is 0. The molecule has 52 heavy (non-hydrogen) atoms. The maximum atomic E-state index is 6.75. The molecule has 9 aromatic carbocycles. The van der Waals surface area contributed by atoms with Gasteiger partial charge in [-0.05, 0) is 103 Å². The minimum atomic E-state index is 0.863. The molecule has 10 aromatic rings. The zero-order valence-electron chi connectivity index (χ0n) is 28.4. The predicted molar refractivity (Wildman–Crippen MR) is 220 cm³/mol. The standard InChI is InChI=1S/C50H33NO/c1-3-11-34(12-4-1)36-21-25-41(26-22-36)51(42-27-23-37(24-28-42)40-20-19-35-13-7-8-16-39(35)31-40)43-29-30-46-48(32-43)52-49-33-47(38-14-5-2-6-15-38)44-17-9-10-18-45(44)50(46)49/h1-33H. The Kier molecular flexibility index (Phi) is 7.18. The molecule has 0 unspecified atom stereocenters. The van der Waals surface area contributed by atoms with E-state index in [4.69, 9.17) is 4.42 Å². The van der Waals surface area contributed by atoms with Gasteiger partial charge in [0.1, 0.15) is 11.2 Å². The minimum Gasteiger partial charge on any atom is -0.456 e. The Hall–Kier alpha value is -6.90. The smallest absolute Gasteiger partial charge is 0.137 e. The Morgan fingerprint density at radius 1 is 0.308 bits per heavy atom. The predicted octanol–water partition coefficient (Wildman–Crippen LogP) is 14.4. The third kappa shape index (κ3) is 5.21. The molecule has 10 rings (SSSR count). The molecular formula is C50H33NO. The minimum absolute atomic E-state index is 0.863. The van der Waals surface area contributed by atoms with Crippen LogP contribution in [0, 0.1) is 0 Å². The summed E-state index contributed by atoms with van der Waals surface area (Å²) < 4.78 is 6.75. The van der Waals surface area contributed by atoms with E-state index in [9.17, 15) is 0 Å². The highest BCUT2D eigenvalue weighted by Crippen LogP contribution is 2.43. The summed E-state index contributed by atoms with van der Waals surface area (Å²) in [5.41, 5.74) is 12.1. The number of hydrogen-bond acceptors (Lipinski definition) is 2. The average molecular weight is 664 g/mol. The molecule has 0 aliphatic carbocycles. The number of anilines is 3. The number of fused-ring (bicyclic) bond motifs is 6.